The van der Waals surface area contributed by atoms with Crippen molar-refractivity contribution in [3.63, 3.8) is 0 Å². The van der Waals surface area contributed by atoms with Crippen molar-refractivity contribution in [3.05, 3.63) is 57.8 Å². The standard InChI is InChI=1S/C18H20N2O3S/c1-23-12-14-7-8-16(24-14)18(22)20-10-9-19-17(21)15(20)11-13-5-3-2-4-6-13/h2-8,15H,9-12H2,1H3,(H,19,21)/t15-/m0/s1. The number of thiophene rings is 1. The topological polar surface area (TPSA) is 58.6 Å². The number of piperazine rings is 1. The molecule has 1 aliphatic heterocycles. The van der Waals surface area contributed by atoms with Crippen molar-refractivity contribution >= 4 is 23.2 Å². The zero-order chi connectivity index (χ0) is 16.9. The number of carbonyl (C=O) groups excluding carboxylic acids is 2. The normalized spacial score (nSPS) is 17.6. The van der Waals surface area contributed by atoms with Gasteiger partial charge in [0, 0.05) is 31.5 Å². The van der Waals surface area contributed by atoms with Crippen LogP contribution in [0.5, 0.6) is 0 Å². The number of rotatable bonds is 5. The lowest BCUT2D eigenvalue weighted by Gasteiger charge is -2.35. The van der Waals surface area contributed by atoms with Crippen molar-refractivity contribution in [1.29, 1.82) is 0 Å². The van der Waals surface area contributed by atoms with Crippen LogP contribution in [-0.2, 0) is 22.6 Å². The molecule has 1 saturated heterocycles. The Bertz CT molecular complexity index is 714. The van der Waals surface area contributed by atoms with E-state index in [2.05, 4.69) is 5.32 Å². The first-order chi connectivity index (χ1) is 11.7. The minimum absolute atomic E-state index is 0.0851. The number of amides is 2. The summed E-state index contributed by atoms with van der Waals surface area (Å²) in [6.45, 7) is 1.51. The van der Waals surface area contributed by atoms with Gasteiger partial charge in [-0.25, -0.2) is 0 Å². The lowest BCUT2D eigenvalue weighted by molar-refractivity contribution is -0.127. The van der Waals surface area contributed by atoms with E-state index in [1.807, 2.05) is 42.5 Å². The van der Waals surface area contributed by atoms with Gasteiger partial charge >= 0.3 is 0 Å². The van der Waals surface area contributed by atoms with Crippen molar-refractivity contribution in [3.8, 4) is 0 Å². The van der Waals surface area contributed by atoms with Crippen molar-refractivity contribution in [2.24, 2.45) is 0 Å². The monoisotopic (exact) mass is 344 g/mol. The summed E-state index contributed by atoms with van der Waals surface area (Å²) < 4.78 is 5.11. The minimum Gasteiger partial charge on any atom is -0.379 e. The third-order valence-electron chi connectivity index (χ3n) is 4.02. The Balaban J connectivity index is 1.79. The van der Waals surface area contributed by atoms with E-state index in [1.165, 1.54) is 11.3 Å². The first kappa shape index (κ1) is 16.7. The number of benzene rings is 1. The Morgan fingerprint density at radius 1 is 1.29 bits per heavy atom. The first-order valence-corrected chi connectivity index (χ1v) is 8.71. The van der Waals surface area contributed by atoms with Gasteiger partial charge < -0.3 is 15.0 Å². The summed E-state index contributed by atoms with van der Waals surface area (Å²) in [7, 11) is 1.63. The van der Waals surface area contributed by atoms with Crippen LogP contribution >= 0.6 is 11.3 Å². The summed E-state index contributed by atoms with van der Waals surface area (Å²) in [4.78, 5) is 28.5. The molecule has 1 aliphatic rings. The van der Waals surface area contributed by atoms with Crippen LogP contribution in [0.4, 0.5) is 0 Å². The molecule has 0 unspecified atom stereocenters. The molecule has 0 saturated carbocycles. The summed E-state index contributed by atoms with van der Waals surface area (Å²) in [6, 6.07) is 13.0. The maximum atomic E-state index is 12.9. The number of nitrogens with one attached hydrogen (secondary N) is 1. The van der Waals surface area contributed by atoms with Gasteiger partial charge in [-0.2, -0.15) is 0 Å². The lowest BCUT2D eigenvalue weighted by atomic mass is 10.0. The zero-order valence-corrected chi connectivity index (χ0v) is 14.3. The Labute approximate surface area is 145 Å². The number of methoxy groups -OCH3 is 1. The zero-order valence-electron chi connectivity index (χ0n) is 13.5. The van der Waals surface area contributed by atoms with Gasteiger partial charge in [0.05, 0.1) is 11.5 Å². The second-order valence-electron chi connectivity index (χ2n) is 5.69. The fourth-order valence-electron chi connectivity index (χ4n) is 2.85. The van der Waals surface area contributed by atoms with E-state index in [1.54, 1.807) is 12.0 Å². The molecule has 24 heavy (non-hydrogen) atoms. The van der Waals surface area contributed by atoms with Gasteiger partial charge in [0.1, 0.15) is 6.04 Å². The van der Waals surface area contributed by atoms with Crippen molar-refractivity contribution in [1.82, 2.24) is 10.2 Å². The molecule has 1 fully saturated rings. The highest BCUT2D eigenvalue weighted by molar-refractivity contribution is 7.14. The van der Waals surface area contributed by atoms with E-state index in [0.717, 1.165) is 10.4 Å². The molecular formula is C18H20N2O3S. The van der Waals surface area contributed by atoms with Gasteiger partial charge in [-0.3, -0.25) is 9.59 Å². The predicted octanol–water partition coefficient (Wildman–Crippen LogP) is 2.08. The van der Waals surface area contributed by atoms with E-state index in [9.17, 15) is 9.59 Å². The van der Waals surface area contributed by atoms with E-state index < -0.39 is 6.04 Å². The molecule has 1 aromatic carbocycles. The highest BCUT2D eigenvalue weighted by Gasteiger charge is 2.34. The molecule has 126 valence electrons. The fourth-order valence-corrected chi connectivity index (χ4v) is 3.79. The molecule has 0 spiro atoms. The third kappa shape index (κ3) is 3.66. The summed E-state index contributed by atoms with van der Waals surface area (Å²) >= 11 is 1.42. The molecule has 1 atom stereocenters. The molecule has 0 radical (unpaired) electrons. The SMILES string of the molecule is COCc1ccc(C(=O)N2CCNC(=O)[C@@H]2Cc2ccccc2)s1. The number of nitrogens with zero attached hydrogens (tertiary/aromatic N) is 1. The summed E-state index contributed by atoms with van der Waals surface area (Å²) in [5.41, 5.74) is 1.05. The molecule has 1 N–H and O–H groups in total. The van der Waals surface area contributed by atoms with Crippen molar-refractivity contribution in [2.75, 3.05) is 20.2 Å². The van der Waals surface area contributed by atoms with Crippen LogP contribution in [-0.4, -0.2) is 43.0 Å². The van der Waals surface area contributed by atoms with Gasteiger partial charge in [0.15, 0.2) is 0 Å². The fraction of sp³-hybridized carbons (Fsp3) is 0.333. The van der Waals surface area contributed by atoms with Gasteiger partial charge in [-0.15, -0.1) is 11.3 Å². The van der Waals surface area contributed by atoms with Crippen LogP contribution in [0.2, 0.25) is 0 Å². The second-order valence-corrected chi connectivity index (χ2v) is 6.86. The molecule has 2 amide bonds. The highest BCUT2D eigenvalue weighted by Crippen LogP contribution is 2.22. The average Bonchev–Trinajstić information content (AvgIpc) is 3.06. The van der Waals surface area contributed by atoms with Crippen LogP contribution in [0.1, 0.15) is 20.1 Å². The molecule has 1 aromatic heterocycles. The van der Waals surface area contributed by atoms with Crippen LogP contribution in [0.15, 0.2) is 42.5 Å². The maximum absolute atomic E-state index is 12.9. The number of hydrogen-bond donors (Lipinski definition) is 1. The quantitative estimate of drug-likeness (QED) is 0.903. The number of hydrogen-bond acceptors (Lipinski definition) is 4. The molecule has 0 bridgehead atoms. The molecule has 5 nitrogen and oxygen atoms in total. The molecule has 2 aromatic rings. The Kier molecular flexibility index (Phi) is 5.27. The average molecular weight is 344 g/mol. The van der Waals surface area contributed by atoms with Crippen LogP contribution in [0, 0.1) is 0 Å². The molecule has 0 aliphatic carbocycles. The second kappa shape index (κ2) is 7.59. The minimum atomic E-state index is -0.471. The molecule has 3 rings (SSSR count). The van der Waals surface area contributed by atoms with E-state index in [0.29, 0.717) is 31.0 Å². The number of carbonyl (C=O) groups is 2. The smallest absolute Gasteiger partial charge is 0.264 e. The number of ether oxygens (including phenoxy) is 1. The van der Waals surface area contributed by atoms with Crippen LogP contribution in [0.25, 0.3) is 0 Å². The first-order valence-electron chi connectivity index (χ1n) is 7.89. The summed E-state index contributed by atoms with van der Waals surface area (Å²) in [5, 5.41) is 2.86. The molecule has 6 heteroatoms. The largest absolute Gasteiger partial charge is 0.379 e. The Hall–Kier alpha value is -2.18. The van der Waals surface area contributed by atoms with Gasteiger partial charge in [0.2, 0.25) is 5.91 Å². The Morgan fingerprint density at radius 2 is 2.08 bits per heavy atom. The van der Waals surface area contributed by atoms with Crippen LogP contribution < -0.4 is 5.32 Å². The Morgan fingerprint density at radius 3 is 2.83 bits per heavy atom. The molecule has 2 heterocycles. The van der Waals surface area contributed by atoms with Crippen molar-refractivity contribution in [2.45, 2.75) is 19.1 Å². The van der Waals surface area contributed by atoms with Crippen molar-refractivity contribution < 1.29 is 14.3 Å². The summed E-state index contributed by atoms with van der Waals surface area (Å²) in [5.74, 6) is -0.176. The van der Waals surface area contributed by atoms with E-state index in [-0.39, 0.29) is 11.8 Å². The molecular weight excluding hydrogens is 324 g/mol. The summed E-state index contributed by atoms with van der Waals surface area (Å²) in [6.07, 6.45) is 0.523. The van der Waals surface area contributed by atoms with Gasteiger partial charge in [-0.05, 0) is 17.7 Å². The van der Waals surface area contributed by atoms with E-state index in [4.69, 9.17) is 4.74 Å². The predicted molar refractivity (Wildman–Crippen MR) is 93.0 cm³/mol. The third-order valence-corrected chi connectivity index (χ3v) is 5.07. The van der Waals surface area contributed by atoms with Gasteiger partial charge in [0.25, 0.3) is 5.91 Å². The highest BCUT2D eigenvalue weighted by atomic mass is 32.1. The van der Waals surface area contributed by atoms with Crippen LogP contribution in [0.3, 0.4) is 0 Å². The van der Waals surface area contributed by atoms with Gasteiger partial charge in [-0.1, -0.05) is 30.3 Å². The lowest BCUT2D eigenvalue weighted by Crippen LogP contribution is -2.57. The van der Waals surface area contributed by atoms with E-state index >= 15 is 0 Å². The maximum Gasteiger partial charge on any atom is 0.264 e.